The molecule has 0 fully saturated rings. The standard InChI is InChI=1S/C15H12BrN3O3/c1-2-22-15(21)11-8-17-13-7-12(18-19(13)14(11)20)9-4-3-5-10(16)6-9/h3-8,18H,2H2,1H3. The second-order valence-electron chi connectivity index (χ2n) is 4.57. The van der Waals surface area contributed by atoms with E-state index in [0.717, 1.165) is 15.7 Å². The first-order chi connectivity index (χ1) is 10.6. The van der Waals surface area contributed by atoms with Crippen molar-refractivity contribution in [3.05, 3.63) is 56.9 Å². The van der Waals surface area contributed by atoms with Crippen molar-refractivity contribution < 1.29 is 9.53 Å². The number of hydrogen-bond acceptors (Lipinski definition) is 4. The van der Waals surface area contributed by atoms with Crippen LogP contribution >= 0.6 is 15.9 Å². The van der Waals surface area contributed by atoms with Crippen LogP contribution in [0.1, 0.15) is 17.3 Å². The molecule has 3 aromatic rings. The van der Waals surface area contributed by atoms with Gasteiger partial charge in [-0.1, -0.05) is 28.1 Å². The highest BCUT2D eigenvalue weighted by atomic mass is 79.9. The van der Waals surface area contributed by atoms with Gasteiger partial charge in [0.05, 0.1) is 12.3 Å². The SMILES string of the molecule is CCOC(=O)c1cnc2cc(-c3cccc(Br)c3)[nH]n2c1=O. The summed E-state index contributed by atoms with van der Waals surface area (Å²) >= 11 is 3.41. The topological polar surface area (TPSA) is 76.5 Å². The molecule has 22 heavy (non-hydrogen) atoms. The van der Waals surface area contributed by atoms with Gasteiger partial charge < -0.3 is 4.74 Å². The first-order valence-electron chi connectivity index (χ1n) is 6.64. The van der Waals surface area contributed by atoms with Crippen LogP contribution in [0.25, 0.3) is 16.9 Å². The number of halogens is 1. The van der Waals surface area contributed by atoms with Gasteiger partial charge in [-0.05, 0) is 19.1 Å². The fraction of sp³-hybridized carbons (Fsp3) is 0.133. The van der Waals surface area contributed by atoms with E-state index in [9.17, 15) is 9.59 Å². The summed E-state index contributed by atoms with van der Waals surface area (Å²) in [4.78, 5) is 28.2. The van der Waals surface area contributed by atoms with Crippen molar-refractivity contribution in [2.24, 2.45) is 0 Å². The third-order valence-corrected chi connectivity index (χ3v) is 3.62. The van der Waals surface area contributed by atoms with Crippen LogP contribution in [0.4, 0.5) is 0 Å². The quantitative estimate of drug-likeness (QED) is 0.727. The number of esters is 1. The predicted molar refractivity (Wildman–Crippen MR) is 84.9 cm³/mol. The molecule has 0 aliphatic heterocycles. The molecule has 1 N–H and O–H groups in total. The molecule has 0 saturated heterocycles. The van der Waals surface area contributed by atoms with Gasteiger partial charge >= 0.3 is 5.97 Å². The van der Waals surface area contributed by atoms with Gasteiger partial charge in [0.15, 0.2) is 5.65 Å². The molecule has 0 aliphatic rings. The smallest absolute Gasteiger partial charge is 0.345 e. The van der Waals surface area contributed by atoms with Crippen molar-refractivity contribution in [3.63, 3.8) is 0 Å². The molecule has 0 spiro atoms. The van der Waals surface area contributed by atoms with Crippen LogP contribution < -0.4 is 5.56 Å². The summed E-state index contributed by atoms with van der Waals surface area (Å²) in [7, 11) is 0. The number of fused-ring (bicyclic) bond motifs is 1. The van der Waals surface area contributed by atoms with Gasteiger partial charge in [-0.25, -0.2) is 14.3 Å². The Morgan fingerprint density at radius 2 is 2.23 bits per heavy atom. The Morgan fingerprint density at radius 3 is 2.95 bits per heavy atom. The first kappa shape index (κ1) is 14.5. The van der Waals surface area contributed by atoms with Crippen molar-refractivity contribution in [2.75, 3.05) is 6.61 Å². The number of nitrogens with one attached hydrogen (secondary N) is 1. The summed E-state index contributed by atoms with van der Waals surface area (Å²) in [6, 6.07) is 9.38. The molecule has 0 atom stereocenters. The van der Waals surface area contributed by atoms with E-state index in [4.69, 9.17) is 4.74 Å². The summed E-state index contributed by atoms with van der Waals surface area (Å²) in [6.07, 6.45) is 1.24. The summed E-state index contributed by atoms with van der Waals surface area (Å²) < 4.78 is 7.02. The molecule has 3 rings (SSSR count). The van der Waals surface area contributed by atoms with Crippen molar-refractivity contribution in [3.8, 4) is 11.3 Å². The van der Waals surface area contributed by atoms with Crippen LogP contribution in [0.5, 0.6) is 0 Å². The third kappa shape index (κ3) is 2.55. The molecule has 0 radical (unpaired) electrons. The van der Waals surface area contributed by atoms with Crippen LogP contribution in [-0.2, 0) is 4.74 Å². The monoisotopic (exact) mass is 361 g/mol. The normalized spacial score (nSPS) is 10.8. The van der Waals surface area contributed by atoms with Crippen molar-refractivity contribution >= 4 is 27.5 Å². The molecule has 6 nitrogen and oxygen atoms in total. The Bertz CT molecular complexity index is 914. The Labute approximate surface area is 133 Å². The minimum absolute atomic E-state index is 0.0954. The molecular formula is C15H12BrN3O3. The number of H-pyrrole nitrogens is 1. The molecule has 0 aliphatic carbocycles. The van der Waals surface area contributed by atoms with Crippen LogP contribution in [-0.4, -0.2) is 27.2 Å². The lowest BCUT2D eigenvalue weighted by Crippen LogP contribution is -2.24. The zero-order valence-corrected chi connectivity index (χ0v) is 13.3. The largest absolute Gasteiger partial charge is 0.462 e. The molecule has 1 aromatic carbocycles. The molecule has 2 aromatic heterocycles. The van der Waals surface area contributed by atoms with Gasteiger partial charge in [0.2, 0.25) is 0 Å². The van der Waals surface area contributed by atoms with E-state index in [0.29, 0.717) is 5.65 Å². The molecular weight excluding hydrogens is 350 g/mol. The zero-order valence-electron chi connectivity index (χ0n) is 11.7. The Balaban J connectivity index is 2.13. The highest BCUT2D eigenvalue weighted by molar-refractivity contribution is 9.10. The molecule has 0 saturated carbocycles. The van der Waals surface area contributed by atoms with E-state index in [1.54, 1.807) is 13.0 Å². The summed E-state index contributed by atoms with van der Waals surface area (Å²) in [5, 5.41) is 2.96. The second-order valence-corrected chi connectivity index (χ2v) is 5.49. The molecule has 2 heterocycles. The molecule has 0 unspecified atom stereocenters. The average Bonchev–Trinajstić information content (AvgIpc) is 2.93. The lowest BCUT2D eigenvalue weighted by molar-refractivity contribution is 0.0523. The number of hydrogen-bond donors (Lipinski definition) is 1. The molecule has 0 amide bonds. The summed E-state index contributed by atoms with van der Waals surface area (Å²) in [6.45, 7) is 1.89. The maximum atomic E-state index is 12.3. The van der Waals surface area contributed by atoms with Crippen molar-refractivity contribution in [2.45, 2.75) is 6.92 Å². The minimum atomic E-state index is -0.673. The van der Waals surface area contributed by atoms with Crippen LogP contribution in [0, 0.1) is 0 Å². The van der Waals surface area contributed by atoms with Crippen LogP contribution in [0.2, 0.25) is 0 Å². The van der Waals surface area contributed by atoms with E-state index < -0.39 is 11.5 Å². The number of aromatic amines is 1. The van der Waals surface area contributed by atoms with E-state index in [1.807, 2.05) is 24.3 Å². The van der Waals surface area contributed by atoms with Crippen molar-refractivity contribution in [1.29, 1.82) is 0 Å². The van der Waals surface area contributed by atoms with Gasteiger partial charge in [-0.15, -0.1) is 0 Å². The van der Waals surface area contributed by atoms with Gasteiger partial charge in [0.25, 0.3) is 5.56 Å². The molecule has 112 valence electrons. The minimum Gasteiger partial charge on any atom is -0.462 e. The zero-order chi connectivity index (χ0) is 15.7. The third-order valence-electron chi connectivity index (χ3n) is 3.13. The number of nitrogens with zero attached hydrogens (tertiary/aromatic N) is 2. The molecule has 7 heteroatoms. The number of ether oxygens (including phenoxy) is 1. The average molecular weight is 362 g/mol. The highest BCUT2D eigenvalue weighted by Crippen LogP contribution is 2.22. The fourth-order valence-electron chi connectivity index (χ4n) is 2.11. The lowest BCUT2D eigenvalue weighted by Gasteiger charge is -2.01. The number of carbonyl (C=O) groups excluding carboxylic acids is 1. The Kier molecular flexibility index (Phi) is 3.81. The first-order valence-corrected chi connectivity index (χ1v) is 7.43. The molecule has 0 bridgehead atoms. The second kappa shape index (κ2) is 5.76. The van der Waals surface area contributed by atoms with Gasteiger partial charge in [-0.2, -0.15) is 0 Å². The van der Waals surface area contributed by atoms with E-state index >= 15 is 0 Å². The number of carbonyl (C=O) groups is 1. The van der Waals surface area contributed by atoms with E-state index in [-0.39, 0.29) is 12.2 Å². The number of rotatable bonds is 3. The van der Waals surface area contributed by atoms with Crippen LogP contribution in [0.15, 0.2) is 45.8 Å². The number of aromatic nitrogens is 3. The summed E-state index contributed by atoms with van der Waals surface area (Å²) in [5.41, 5.74) is 1.49. The highest BCUT2D eigenvalue weighted by Gasteiger charge is 2.16. The maximum Gasteiger partial charge on any atom is 0.345 e. The van der Waals surface area contributed by atoms with Crippen LogP contribution in [0.3, 0.4) is 0 Å². The predicted octanol–water partition coefficient (Wildman–Crippen LogP) is 2.63. The Hall–Kier alpha value is -2.41. The summed E-state index contributed by atoms with van der Waals surface area (Å²) in [5.74, 6) is -0.673. The van der Waals surface area contributed by atoms with Crippen molar-refractivity contribution in [1.82, 2.24) is 14.6 Å². The van der Waals surface area contributed by atoms with Gasteiger partial charge in [-0.3, -0.25) is 9.89 Å². The lowest BCUT2D eigenvalue weighted by atomic mass is 10.2. The maximum absolute atomic E-state index is 12.3. The van der Waals surface area contributed by atoms with E-state index in [1.165, 1.54) is 10.7 Å². The number of benzene rings is 1. The van der Waals surface area contributed by atoms with E-state index in [2.05, 4.69) is 26.0 Å². The van der Waals surface area contributed by atoms with Gasteiger partial charge in [0, 0.05) is 22.3 Å². The Morgan fingerprint density at radius 1 is 1.41 bits per heavy atom. The fourth-order valence-corrected chi connectivity index (χ4v) is 2.51. The van der Waals surface area contributed by atoms with Gasteiger partial charge in [0.1, 0.15) is 5.56 Å².